The van der Waals surface area contributed by atoms with Gasteiger partial charge < -0.3 is 10.1 Å². The summed E-state index contributed by atoms with van der Waals surface area (Å²) in [5.41, 5.74) is 18.9. The number of halogens is 3. The van der Waals surface area contributed by atoms with E-state index < -0.39 is 0 Å². The Morgan fingerprint density at radius 1 is 0.551 bits per heavy atom. The molecule has 2 aromatic heterocycles. The minimum absolute atomic E-state index is 0. The van der Waals surface area contributed by atoms with E-state index in [2.05, 4.69) is 151 Å². The van der Waals surface area contributed by atoms with E-state index in [1.807, 2.05) is 12.1 Å². The predicted molar refractivity (Wildman–Crippen MR) is 385 cm³/mol. The van der Waals surface area contributed by atoms with Crippen LogP contribution in [0.2, 0.25) is 0 Å². The average Bonchev–Trinajstić information content (AvgIpc) is 3.61. The van der Waals surface area contributed by atoms with Gasteiger partial charge >= 0.3 is 156 Å². The van der Waals surface area contributed by atoms with Crippen LogP contribution in [-0.2, 0) is 43.5 Å². The van der Waals surface area contributed by atoms with Crippen molar-refractivity contribution < 1.29 is 87.3 Å². The number of hydrogen-bond donors (Lipinski definition) is 0. The molecule has 89 heavy (non-hydrogen) atoms. The number of aryl methyl sites for hydroxylation is 8. The Balaban J connectivity index is 0.000000371. The molecule has 0 N–H and O–H groups in total. The van der Waals surface area contributed by atoms with Gasteiger partial charge in [0, 0.05) is 43.1 Å². The van der Waals surface area contributed by atoms with Crippen LogP contribution >= 0.6 is 51.1 Å². The molecule has 2 aliphatic heterocycles. The van der Waals surface area contributed by atoms with Crippen LogP contribution in [0.25, 0.3) is 11.3 Å². The summed E-state index contributed by atoms with van der Waals surface area (Å²) in [6, 6.07) is 21.4. The van der Waals surface area contributed by atoms with Gasteiger partial charge in [-0.05, 0) is 271 Å². The number of rotatable bonds is 15. The molecule has 8 nitrogen and oxygen atoms in total. The molecule has 10 rings (SSSR count). The zero-order valence-electron chi connectivity index (χ0n) is 58.0. The second-order valence-electron chi connectivity index (χ2n) is 25.6. The van der Waals surface area contributed by atoms with Gasteiger partial charge in [0.2, 0.25) is 0 Å². The molecule has 4 heterocycles. The zero-order valence-corrected chi connectivity index (χ0v) is 74.0. The molecule has 2 saturated heterocycles. The van der Waals surface area contributed by atoms with Gasteiger partial charge in [-0.2, -0.15) is 9.34 Å². The fourth-order valence-corrected chi connectivity index (χ4v) is 24.0. The third-order valence-electron chi connectivity index (χ3n) is 18.8. The number of carbonyl (C=O) groups excluding carboxylic acids is 1. The van der Waals surface area contributed by atoms with E-state index in [-0.39, 0.29) is 89.9 Å². The molecular formula is C72H116BrCl2K3N4O4P2Pd+2. The molecule has 0 radical (unpaired) electrons. The van der Waals surface area contributed by atoms with Crippen LogP contribution in [0.15, 0.2) is 65.3 Å². The van der Waals surface area contributed by atoms with Crippen molar-refractivity contribution in [3.8, 4) is 11.3 Å². The number of benzene rings is 2. The first-order chi connectivity index (χ1) is 42.8. The van der Waals surface area contributed by atoms with Crippen molar-refractivity contribution in [1.29, 1.82) is 0 Å². The Morgan fingerprint density at radius 3 is 1.19 bits per heavy atom. The van der Waals surface area contributed by atoms with Crippen molar-refractivity contribution in [3.63, 3.8) is 0 Å². The molecule has 17 heteroatoms. The monoisotopic (exact) mass is 1530 g/mol. The Bertz CT molecular complexity index is 2240. The summed E-state index contributed by atoms with van der Waals surface area (Å²) in [5.74, 6) is 0. The van der Waals surface area contributed by atoms with Crippen molar-refractivity contribution >= 4 is 121 Å². The summed E-state index contributed by atoms with van der Waals surface area (Å²) in [6.07, 6.45) is 47.1. The van der Waals surface area contributed by atoms with Gasteiger partial charge in [-0.3, -0.25) is 9.78 Å². The maximum absolute atomic E-state index is 8.86. The van der Waals surface area contributed by atoms with Gasteiger partial charge in [0.1, 0.15) is 4.60 Å². The number of carbonyl (C=O) groups is 1. The van der Waals surface area contributed by atoms with Crippen molar-refractivity contribution in [2.75, 3.05) is 26.2 Å². The molecule has 2 aromatic carbocycles. The summed E-state index contributed by atoms with van der Waals surface area (Å²) in [4.78, 5) is 21.1. The Hall–Kier alpha value is 3.54. The topological polar surface area (TPSA) is 90.9 Å². The van der Waals surface area contributed by atoms with Gasteiger partial charge in [0.05, 0.1) is 44.5 Å². The molecular weight excluding hydrogens is 1420 g/mol. The Morgan fingerprint density at radius 2 is 0.876 bits per heavy atom. The van der Waals surface area contributed by atoms with Gasteiger partial charge in [0.15, 0.2) is 0 Å². The summed E-state index contributed by atoms with van der Waals surface area (Å²) in [6.45, 7) is 25.3. The van der Waals surface area contributed by atoms with E-state index in [9.17, 15) is 0 Å². The first-order valence-corrected chi connectivity index (χ1v) is 58.9. The van der Waals surface area contributed by atoms with Gasteiger partial charge in [-0.1, -0.05) is 113 Å². The summed E-state index contributed by atoms with van der Waals surface area (Å²) >= 11 is 5.74. The number of pyridine rings is 2. The Labute approximate surface area is 659 Å². The molecule has 6 aliphatic rings. The van der Waals surface area contributed by atoms with E-state index in [0.717, 1.165) is 45.8 Å². The summed E-state index contributed by atoms with van der Waals surface area (Å²) < 4.78 is 7.02. The predicted octanol–water partition coefficient (Wildman–Crippen LogP) is 17.6. The molecule has 4 aliphatic carbocycles. The average molecular weight is 1540 g/mol. The molecule has 4 aromatic rings. The number of unbranched alkanes of at least 4 members (excludes halogenated alkanes) is 2. The molecule has 0 unspecified atom stereocenters. The van der Waals surface area contributed by atoms with Crippen LogP contribution in [0, 0.1) is 48.5 Å². The van der Waals surface area contributed by atoms with Crippen molar-refractivity contribution in [3.05, 3.63) is 116 Å². The van der Waals surface area contributed by atoms with Crippen molar-refractivity contribution in [2.24, 2.45) is 0 Å². The van der Waals surface area contributed by atoms with Crippen molar-refractivity contribution in [1.82, 2.24) is 19.3 Å². The summed E-state index contributed by atoms with van der Waals surface area (Å²) in [7, 11) is 9.20. The molecule has 4 saturated carbocycles. The molecule has 0 amide bonds. The Kier molecular flexibility index (Phi) is 56.0. The van der Waals surface area contributed by atoms with Crippen molar-refractivity contribution in [2.45, 2.75) is 290 Å². The van der Waals surface area contributed by atoms with E-state index in [1.54, 1.807) is 103 Å². The molecule has 490 valence electrons. The van der Waals surface area contributed by atoms with Crippen LogP contribution in [0.5, 0.6) is 0 Å². The number of piperidine rings is 2. The second-order valence-corrected chi connectivity index (χ2v) is 35.0. The quantitative estimate of drug-likeness (QED) is 0.0290. The van der Waals surface area contributed by atoms with E-state index in [1.165, 1.54) is 235 Å². The van der Waals surface area contributed by atoms with Crippen LogP contribution in [0.1, 0.15) is 257 Å². The third-order valence-corrected chi connectivity index (χ3v) is 27.2. The standard InChI is InChI=1S/C18H23N.2C17H32NP.C10H14.C9H12BrN.CH2O4.2ClH.3K.Pd/c1-5-6-8-16-9-7-10-17(19-16)18-14(3)11-13(2)12-15(18)4;2*1-4-10-16(11-5-1)19(17-12-6-2-7-13-17)18-14-8-3-9-15-18;1-7-5-8(2)10(4)9(3)6-7;1-2-3-5-8-6-4-7-9(10)11-8;2-1-4-5-3;;;;;;/h7,9-12H,5-6,8H2,1-4H3;2*16-17H,1-15H2;5-6H,1-4H3;4,6-7H,2-3,5H2,1H3;1,3H;2*1H;;;;/q;;;;;;;;;;+1;+2/p-1. The normalized spacial score (nSPS) is 17.7. The van der Waals surface area contributed by atoms with Gasteiger partial charge in [-0.15, -0.1) is 0 Å². The molecule has 0 atom stereocenters. The van der Waals surface area contributed by atoms with Crippen LogP contribution in [-0.4, -0.2) is 138 Å². The molecule has 0 bridgehead atoms. The first kappa shape index (κ1) is 88.6. The fourth-order valence-electron chi connectivity index (χ4n) is 14.5. The fraction of sp³-hybridized carbons (Fsp3) is 0.681. The van der Waals surface area contributed by atoms with E-state index in [4.69, 9.17) is 34.1 Å². The minimum atomic E-state index is -0.213. The first-order valence-electron chi connectivity index (χ1n) is 34.9. The molecule has 0 spiro atoms. The van der Waals surface area contributed by atoms with Crippen LogP contribution in [0.4, 0.5) is 0 Å². The van der Waals surface area contributed by atoms with E-state index in [0.29, 0.717) is 0 Å². The SMILES string of the molecule is C1CCC([PH+](C2CCCCC2)N2CCCCC2)CC1.C1CCC([PH+](C2CCCCC2)N2CCCCC2)CC1.CCCCc1cccc(-c2c(C)cc(C)cc2C)n1.CCCCc1cccc(Br)n1.Cc1cc(C)c(C)c(C)c1.O=COO[O-].[Cl][Pd][Cl].[K+].[K][K]. The van der Waals surface area contributed by atoms with Gasteiger partial charge in [0.25, 0.3) is 0 Å². The second kappa shape index (κ2) is 56.2. The maximum atomic E-state index is 8.86. The number of aromatic nitrogens is 2. The number of hydrogen-bond acceptors (Lipinski definition) is 8. The number of nitrogens with zero attached hydrogens (tertiary/aromatic N) is 4. The van der Waals surface area contributed by atoms with Crippen LogP contribution in [0.3, 0.4) is 0 Å². The third kappa shape index (κ3) is 36.6. The zero-order chi connectivity index (χ0) is 64.3. The molecule has 6 fully saturated rings. The van der Waals surface area contributed by atoms with Crippen LogP contribution < -0.4 is 56.6 Å². The summed E-state index contributed by atoms with van der Waals surface area (Å²) in [5, 5.41) is 11.1. The van der Waals surface area contributed by atoms with E-state index >= 15 is 0 Å². The van der Waals surface area contributed by atoms with Gasteiger partial charge in [-0.25, -0.2) is 10.0 Å².